The first kappa shape index (κ1) is 23.9. The van der Waals surface area contributed by atoms with Gasteiger partial charge in [0.1, 0.15) is 17.6 Å². The summed E-state index contributed by atoms with van der Waals surface area (Å²) in [5, 5.41) is 12.1. The van der Waals surface area contributed by atoms with Crippen LogP contribution in [-0.2, 0) is 23.9 Å². The third-order valence-electron chi connectivity index (χ3n) is 8.07. The Hall–Kier alpha value is -3.49. The zero-order valence-corrected chi connectivity index (χ0v) is 20.7. The lowest BCUT2D eigenvalue weighted by Gasteiger charge is -2.37. The highest BCUT2D eigenvalue weighted by atomic mass is 16.6. The van der Waals surface area contributed by atoms with Crippen LogP contribution in [0.4, 0.5) is 5.69 Å². The van der Waals surface area contributed by atoms with E-state index in [1.165, 1.54) is 4.90 Å². The molecule has 2 aromatic carbocycles. The van der Waals surface area contributed by atoms with Gasteiger partial charge in [0, 0.05) is 12.2 Å². The van der Waals surface area contributed by atoms with Crippen molar-refractivity contribution in [1.29, 1.82) is 0 Å². The number of aliphatic hydroxyl groups excluding tert-OH is 1. The molecule has 192 valence electrons. The molecule has 1 spiro atoms. The average molecular weight is 503 g/mol. The second-order valence-corrected chi connectivity index (χ2v) is 10.2. The molecule has 4 heterocycles. The van der Waals surface area contributed by atoms with E-state index in [0.29, 0.717) is 12.1 Å². The fourth-order valence-electron chi connectivity index (χ4n) is 6.33. The quantitative estimate of drug-likeness (QED) is 0.512. The number of rotatable bonds is 3. The van der Waals surface area contributed by atoms with E-state index in [1.54, 1.807) is 17.9 Å². The second kappa shape index (κ2) is 9.11. The predicted octanol–water partition coefficient (Wildman–Crippen LogP) is 2.60. The first-order valence-electron chi connectivity index (χ1n) is 12.9. The fourth-order valence-corrected chi connectivity index (χ4v) is 6.33. The third kappa shape index (κ3) is 3.61. The molecule has 2 fully saturated rings. The Balaban J connectivity index is 1.47. The molecular formula is C29H30N2O6. The van der Waals surface area contributed by atoms with Crippen molar-refractivity contribution in [2.45, 2.75) is 43.6 Å². The summed E-state index contributed by atoms with van der Waals surface area (Å²) in [5.41, 5.74) is -0.640. The molecule has 4 aliphatic heterocycles. The summed E-state index contributed by atoms with van der Waals surface area (Å²) in [4.78, 5) is 44.6. The standard InChI is InChI=1S/C29H30N2O6/c1-18(17-32)31-25-27(34)30(21-12-11-19-8-4-5-9-20(19)16-21)14-7-13-29(25)24(26(31)33)23-22(37-29)10-3-2-6-15-36-28(23)35/h3-5,7-13,16,18,22-25,32H,2,6,14-15,17H2,1H3/b10-3-/t18-,22+,23-,24+,25?,29+/m1/s1. The van der Waals surface area contributed by atoms with E-state index >= 15 is 0 Å². The molecule has 2 aromatic rings. The molecule has 0 bridgehead atoms. The number of nitrogens with zero attached hydrogens (tertiary/aromatic N) is 2. The van der Waals surface area contributed by atoms with Gasteiger partial charge in [0.05, 0.1) is 31.3 Å². The van der Waals surface area contributed by atoms with E-state index in [1.807, 2.05) is 60.7 Å². The minimum Gasteiger partial charge on any atom is -0.465 e. The SMILES string of the molecule is C[C@H](CO)N1C(=O)[C@@H]2[C@@H]3C(=O)OCCC/C=C\[C@@H]3O[C@@]23C=CCN(c2ccc4ccccc4c2)C(=O)C13. The number of likely N-dealkylation sites (tertiary alicyclic amines) is 1. The molecule has 0 aliphatic carbocycles. The topological polar surface area (TPSA) is 96.4 Å². The van der Waals surface area contributed by atoms with Crippen LogP contribution in [-0.4, -0.2) is 71.3 Å². The Bertz CT molecular complexity index is 1320. The molecule has 4 aliphatic rings. The van der Waals surface area contributed by atoms with Crippen LogP contribution in [0.3, 0.4) is 0 Å². The van der Waals surface area contributed by atoms with Crippen molar-refractivity contribution in [3.05, 3.63) is 66.8 Å². The molecule has 8 heteroatoms. The molecular weight excluding hydrogens is 472 g/mol. The number of ether oxygens (including phenoxy) is 2. The van der Waals surface area contributed by atoms with E-state index < -0.39 is 41.6 Å². The molecule has 8 nitrogen and oxygen atoms in total. The number of amides is 2. The minimum atomic E-state index is -1.35. The van der Waals surface area contributed by atoms with Crippen molar-refractivity contribution in [2.75, 3.05) is 24.7 Å². The van der Waals surface area contributed by atoms with Crippen molar-refractivity contribution in [1.82, 2.24) is 4.90 Å². The van der Waals surface area contributed by atoms with Gasteiger partial charge in [0.25, 0.3) is 5.91 Å². The summed E-state index contributed by atoms with van der Waals surface area (Å²) >= 11 is 0. The Kier molecular flexibility index (Phi) is 5.88. The van der Waals surface area contributed by atoms with Crippen LogP contribution in [0.2, 0.25) is 0 Å². The normalized spacial score (nSPS) is 33.1. The molecule has 6 rings (SSSR count). The zero-order valence-electron chi connectivity index (χ0n) is 20.7. The molecule has 1 unspecified atom stereocenters. The minimum absolute atomic E-state index is 0.269. The number of carbonyl (C=O) groups is 3. The van der Waals surface area contributed by atoms with Crippen LogP contribution >= 0.6 is 0 Å². The zero-order chi connectivity index (χ0) is 25.7. The van der Waals surface area contributed by atoms with Gasteiger partial charge in [-0.2, -0.15) is 0 Å². The van der Waals surface area contributed by atoms with Gasteiger partial charge in [0.2, 0.25) is 5.91 Å². The van der Waals surface area contributed by atoms with Gasteiger partial charge in [-0.15, -0.1) is 0 Å². The molecule has 2 amide bonds. The lowest BCUT2D eigenvalue weighted by molar-refractivity contribution is -0.155. The summed E-state index contributed by atoms with van der Waals surface area (Å²) in [6, 6.07) is 12.1. The smallest absolute Gasteiger partial charge is 0.312 e. The molecule has 0 aromatic heterocycles. The Morgan fingerprint density at radius 2 is 1.89 bits per heavy atom. The number of anilines is 1. The number of cyclic esters (lactones) is 1. The van der Waals surface area contributed by atoms with Crippen LogP contribution in [0.15, 0.2) is 66.8 Å². The highest BCUT2D eigenvalue weighted by Gasteiger charge is 2.72. The first-order chi connectivity index (χ1) is 18.0. The molecule has 37 heavy (non-hydrogen) atoms. The molecule has 1 N–H and O–H groups in total. The lowest BCUT2D eigenvalue weighted by Crippen LogP contribution is -2.57. The number of aliphatic hydroxyl groups is 1. The maximum absolute atomic E-state index is 14.4. The molecule has 6 atom stereocenters. The number of allylic oxidation sites excluding steroid dienone is 1. The van der Waals surface area contributed by atoms with E-state index in [9.17, 15) is 19.5 Å². The number of hydrogen-bond donors (Lipinski definition) is 1. The van der Waals surface area contributed by atoms with Crippen molar-refractivity contribution in [3.8, 4) is 0 Å². The van der Waals surface area contributed by atoms with Crippen molar-refractivity contribution < 1.29 is 29.0 Å². The van der Waals surface area contributed by atoms with E-state index in [4.69, 9.17) is 9.47 Å². The Morgan fingerprint density at radius 3 is 2.70 bits per heavy atom. The Labute approximate surface area is 215 Å². The van der Waals surface area contributed by atoms with Crippen molar-refractivity contribution >= 4 is 34.2 Å². The number of carbonyl (C=O) groups excluding carboxylic acids is 3. The predicted molar refractivity (Wildman–Crippen MR) is 137 cm³/mol. The summed E-state index contributed by atoms with van der Waals surface area (Å²) in [6.45, 7) is 1.94. The van der Waals surface area contributed by atoms with Crippen LogP contribution in [0.1, 0.15) is 19.8 Å². The monoisotopic (exact) mass is 502 g/mol. The van der Waals surface area contributed by atoms with Crippen LogP contribution in [0.25, 0.3) is 10.8 Å². The van der Waals surface area contributed by atoms with Gasteiger partial charge in [-0.25, -0.2) is 0 Å². The van der Waals surface area contributed by atoms with Gasteiger partial charge in [-0.05, 0) is 42.7 Å². The van der Waals surface area contributed by atoms with Crippen LogP contribution in [0.5, 0.6) is 0 Å². The van der Waals surface area contributed by atoms with Crippen molar-refractivity contribution in [2.24, 2.45) is 11.8 Å². The molecule has 0 saturated carbocycles. The van der Waals surface area contributed by atoms with Gasteiger partial charge in [0.15, 0.2) is 0 Å². The summed E-state index contributed by atoms with van der Waals surface area (Å²) in [7, 11) is 0. The highest BCUT2D eigenvalue weighted by molar-refractivity contribution is 6.06. The maximum Gasteiger partial charge on any atom is 0.312 e. The number of benzene rings is 2. The first-order valence-corrected chi connectivity index (χ1v) is 12.9. The van der Waals surface area contributed by atoms with Crippen LogP contribution < -0.4 is 4.90 Å². The highest BCUT2D eigenvalue weighted by Crippen LogP contribution is 2.53. The van der Waals surface area contributed by atoms with Crippen LogP contribution in [0, 0.1) is 11.8 Å². The number of esters is 1. The van der Waals surface area contributed by atoms with Gasteiger partial charge < -0.3 is 24.4 Å². The summed E-state index contributed by atoms with van der Waals surface area (Å²) in [6.07, 6.45) is 8.17. The number of fused-ring (bicyclic) bond motifs is 3. The summed E-state index contributed by atoms with van der Waals surface area (Å²) in [5.74, 6) is -2.96. The van der Waals surface area contributed by atoms with E-state index in [2.05, 4.69) is 0 Å². The van der Waals surface area contributed by atoms with E-state index in [0.717, 1.165) is 17.2 Å². The second-order valence-electron chi connectivity index (χ2n) is 10.2. The maximum atomic E-state index is 14.4. The van der Waals surface area contributed by atoms with Gasteiger partial charge in [-0.3, -0.25) is 14.4 Å². The van der Waals surface area contributed by atoms with Crippen molar-refractivity contribution in [3.63, 3.8) is 0 Å². The Morgan fingerprint density at radius 1 is 1.08 bits per heavy atom. The van der Waals surface area contributed by atoms with E-state index in [-0.39, 0.29) is 31.6 Å². The summed E-state index contributed by atoms with van der Waals surface area (Å²) < 4.78 is 12.1. The lowest BCUT2D eigenvalue weighted by atomic mass is 9.78. The third-order valence-corrected chi connectivity index (χ3v) is 8.07. The molecule has 2 saturated heterocycles. The molecule has 0 radical (unpaired) electrons. The van der Waals surface area contributed by atoms with Gasteiger partial charge in [-0.1, -0.05) is 54.6 Å². The average Bonchev–Trinajstić information content (AvgIpc) is 3.33. The van der Waals surface area contributed by atoms with Gasteiger partial charge >= 0.3 is 5.97 Å². The fraction of sp³-hybridized carbons (Fsp3) is 0.414. The largest absolute Gasteiger partial charge is 0.465 e. The number of hydrogen-bond acceptors (Lipinski definition) is 6.